The summed E-state index contributed by atoms with van der Waals surface area (Å²) in [5.74, 6) is -1.96. The molecule has 0 bridgehead atoms. The maximum atomic E-state index is 11.8. The van der Waals surface area contributed by atoms with E-state index in [2.05, 4.69) is 0 Å². The van der Waals surface area contributed by atoms with E-state index in [1.807, 2.05) is 13.8 Å². The van der Waals surface area contributed by atoms with E-state index in [1.54, 1.807) is 13.8 Å². The van der Waals surface area contributed by atoms with Gasteiger partial charge in [0.1, 0.15) is 0 Å². The van der Waals surface area contributed by atoms with Crippen molar-refractivity contribution in [3.63, 3.8) is 0 Å². The van der Waals surface area contributed by atoms with Gasteiger partial charge in [-0.1, -0.05) is 13.8 Å². The Morgan fingerprint density at radius 3 is 1.85 bits per heavy atom. The Balaban J connectivity index is 4.59. The van der Waals surface area contributed by atoms with Gasteiger partial charge in [-0.2, -0.15) is 0 Å². The highest BCUT2D eigenvalue weighted by Gasteiger charge is 2.28. The van der Waals surface area contributed by atoms with Crippen LogP contribution in [-0.4, -0.2) is 36.2 Å². The number of esters is 3. The monoisotopic (exact) mass is 288 g/mol. The number of carbonyl (C=O) groups excluding carboxylic acids is 3. The maximum absolute atomic E-state index is 11.8. The molecule has 3 unspecified atom stereocenters. The Kier molecular flexibility index (Phi) is 8.59. The van der Waals surface area contributed by atoms with Gasteiger partial charge in [0.15, 0.2) is 0 Å². The topological polar surface area (TPSA) is 78.9 Å². The van der Waals surface area contributed by atoms with E-state index >= 15 is 0 Å². The van der Waals surface area contributed by atoms with Gasteiger partial charge in [0, 0.05) is 6.92 Å². The molecule has 0 saturated carbocycles. The predicted octanol–water partition coefficient (Wildman–Crippen LogP) is 1.99. The van der Waals surface area contributed by atoms with E-state index in [0.29, 0.717) is 12.8 Å². The minimum atomic E-state index is -1.25. The Bertz CT molecular complexity index is 339. The van der Waals surface area contributed by atoms with Gasteiger partial charge in [-0.3, -0.25) is 9.59 Å². The average Bonchev–Trinajstić information content (AvgIpc) is 2.36. The second kappa shape index (κ2) is 9.34. The molecule has 0 rings (SSSR count). The van der Waals surface area contributed by atoms with Crippen molar-refractivity contribution in [2.75, 3.05) is 0 Å². The van der Waals surface area contributed by atoms with Crippen LogP contribution in [-0.2, 0) is 28.6 Å². The summed E-state index contributed by atoms with van der Waals surface area (Å²) < 4.78 is 15.0. The van der Waals surface area contributed by atoms with Crippen molar-refractivity contribution in [1.82, 2.24) is 0 Å². The minimum Gasteiger partial charge on any atom is -0.463 e. The maximum Gasteiger partial charge on any atom is 0.348 e. The van der Waals surface area contributed by atoms with Crippen LogP contribution in [0.15, 0.2) is 0 Å². The van der Waals surface area contributed by atoms with Crippen LogP contribution in [0.4, 0.5) is 0 Å². The largest absolute Gasteiger partial charge is 0.463 e. The molecule has 6 nitrogen and oxygen atoms in total. The first kappa shape index (κ1) is 18.4. The molecule has 0 aliphatic carbocycles. The second-order valence-corrected chi connectivity index (χ2v) is 4.67. The van der Waals surface area contributed by atoms with Crippen molar-refractivity contribution >= 4 is 17.9 Å². The van der Waals surface area contributed by atoms with E-state index in [1.165, 1.54) is 6.92 Å². The smallest absolute Gasteiger partial charge is 0.348 e. The van der Waals surface area contributed by atoms with Gasteiger partial charge in [-0.05, 0) is 26.7 Å². The molecule has 0 aliphatic rings. The Morgan fingerprint density at radius 2 is 1.40 bits per heavy atom. The number of ether oxygens (including phenoxy) is 3. The standard InChI is InChI=1S/C14H24O6/c1-6-9(3)18-13(16)8-12(20-11(5)15)14(17)19-10(4)7-2/h9-10,12H,6-8H2,1-5H3. The van der Waals surface area contributed by atoms with Crippen LogP contribution in [0.1, 0.15) is 53.9 Å². The van der Waals surface area contributed by atoms with Crippen LogP contribution in [0.3, 0.4) is 0 Å². The molecule has 0 amide bonds. The van der Waals surface area contributed by atoms with E-state index < -0.39 is 24.0 Å². The minimum absolute atomic E-state index is 0.244. The van der Waals surface area contributed by atoms with Crippen LogP contribution in [0.25, 0.3) is 0 Å². The Hall–Kier alpha value is -1.59. The van der Waals surface area contributed by atoms with Crippen molar-refractivity contribution in [3.8, 4) is 0 Å². The molecule has 0 aromatic carbocycles. The molecule has 6 heteroatoms. The fourth-order valence-electron chi connectivity index (χ4n) is 1.24. The SMILES string of the molecule is CCC(C)OC(=O)CC(OC(C)=O)C(=O)OC(C)CC. The molecule has 0 heterocycles. The van der Waals surface area contributed by atoms with Gasteiger partial charge in [0.05, 0.1) is 18.6 Å². The zero-order chi connectivity index (χ0) is 15.7. The third-order valence-corrected chi connectivity index (χ3v) is 2.72. The lowest BCUT2D eigenvalue weighted by Crippen LogP contribution is -2.34. The first-order valence-corrected chi connectivity index (χ1v) is 6.87. The highest BCUT2D eigenvalue weighted by atomic mass is 16.6. The van der Waals surface area contributed by atoms with Crippen LogP contribution < -0.4 is 0 Å². The third kappa shape index (κ3) is 7.76. The molecule has 0 radical (unpaired) electrons. The normalized spacial score (nSPS) is 14.8. The molecule has 0 fully saturated rings. The number of rotatable bonds is 8. The summed E-state index contributed by atoms with van der Waals surface area (Å²) in [4.78, 5) is 34.5. The molecule has 3 atom stereocenters. The van der Waals surface area contributed by atoms with Gasteiger partial charge in [0.25, 0.3) is 0 Å². The Morgan fingerprint density at radius 1 is 0.900 bits per heavy atom. The van der Waals surface area contributed by atoms with Gasteiger partial charge in [-0.25, -0.2) is 4.79 Å². The Labute approximate surface area is 119 Å². The highest BCUT2D eigenvalue weighted by molar-refractivity contribution is 5.84. The summed E-state index contributed by atoms with van der Waals surface area (Å²) >= 11 is 0. The first-order valence-electron chi connectivity index (χ1n) is 6.87. The zero-order valence-electron chi connectivity index (χ0n) is 12.8. The van der Waals surface area contributed by atoms with Crippen LogP contribution >= 0.6 is 0 Å². The van der Waals surface area contributed by atoms with E-state index in [-0.39, 0.29) is 18.6 Å². The summed E-state index contributed by atoms with van der Waals surface area (Å²) in [5.41, 5.74) is 0. The van der Waals surface area contributed by atoms with Crippen LogP contribution in [0.5, 0.6) is 0 Å². The molecular weight excluding hydrogens is 264 g/mol. The van der Waals surface area contributed by atoms with Gasteiger partial charge in [-0.15, -0.1) is 0 Å². The van der Waals surface area contributed by atoms with Crippen molar-refractivity contribution in [1.29, 1.82) is 0 Å². The number of hydrogen-bond acceptors (Lipinski definition) is 6. The van der Waals surface area contributed by atoms with E-state index in [0.717, 1.165) is 0 Å². The summed E-state index contributed by atoms with van der Waals surface area (Å²) in [6.07, 6.45) is -0.827. The average molecular weight is 288 g/mol. The zero-order valence-corrected chi connectivity index (χ0v) is 12.8. The fourth-order valence-corrected chi connectivity index (χ4v) is 1.24. The van der Waals surface area contributed by atoms with Crippen molar-refractivity contribution < 1.29 is 28.6 Å². The van der Waals surface area contributed by atoms with Gasteiger partial charge >= 0.3 is 17.9 Å². The molecule has 20 heavy (non-hydrogen) atoms. The highest BCUT2D eigenvalue weighted by Crippen LogP contribution is 2.09. The van der Waals surface area contributed by atoms with Crippen molar-refractivity contribution in [2.45, 2.75) is 72.2 Å². The number of carbonyl (C=O) groups is 3. The van der Waals surface area contributed by atoms with Gasteiger partial charge < -0.3 is 14.2 Å². The molecule has 0 aromatic heterocycles. The molecule has 0 spiro atoms. The predicted molar refractivity (Wildman–Crippen MR) is 71.9 cm³/mol. The first-order chi connectivity index (χ1) is 9.29. The molecule has 0 N–H and O–H groups in total. The molecule has 0 saturated heterocycles. The summed E-state index contributed by atoms with van der Waals surface area (Å²) in [6, 6.07) is 0. The summed E-state index contributed by atoms with van der Waals surface area (Å²) in [7, 11) is 0. The quantitative estimate of drug-likeness (QED) is 0.502. The van der Waals surface area contributed by atoms with Crippen LogP contribution in [0, 0.1) is 0 Å². The molecule has 116 valence electrons. The van der Waals surface area contributed by atoms with Crippen LogP contribution in [0.2, 0.25) is 0 Å². The fraction of sp³-hybridized carbons (Fsp3) is 0.786. The second-order valence-electron chi connectivity index (χ2n) is 4.67. The summed E-state index contributed by atoms with van der Waals surface area (Å²) in [6.45, 7) is 8.37. The number of hydrogen-bond donors (Lipinski definition) is 0. The van der Waals surface area contributed by atoms with Crippen molar-refractivity contribution in [3.05, 3.63) is 0 Å². The molecule has 0 aliphatic heterocycles. The van der Waals surface area contributed by atoms with Gasteiger partial charge in [0.2, 0.25) is 6.10 Å². The van der Waals surface area contributed by atoms with E-state index in [4.69, 9.17) is 14.2 Å². The van der Waals surface area contributed by atoms with Crippen molar-refractivity contribution in [2.24, 2.45) is 0 Å². The summed E-state index contributed by atoms with van der Waals surface area (Å²) in [5, 5.41) is 0. The third-order valence-electron chi connectivity index (χ3n) is 2.72. The van der Waals surface area contributed by atoms with E-state index in [9.17, 15) is 14.4 Å². The lowest BCUT2D eigenvalue weighted by atomic mass is 10.2. The lowest BCUT2D eigenvalue weighted by molar-refractivity contribution is -0.174. The molecule has 0 aromatic rings. The lowest BCUT2D eigenvalue weighted by Gasteiger charge is -2.19. The molecular formula is C14H24O6.